The van der Waals surface area contributed by atoms with Gasteiger partial charge in [0.1, 0.15) is 29.4 Å². The van der Waals surface area contributed by atoms with Crippen LogP contribution < -0.4 is 4.90 Å². The Hall–Kier alpha value is -3.43. The Kier molecular flexibility index (Phi) is 4.87. The number of nitrogens with zero attached hydrogens (tertiary/aromatic N) is 5. The lowest BCUT2D eigenvalue weighted by molar-refractivity contribution is -0.139. The summed E-state index contributed by atoms with van der Waals surface area (Å²) in [6, 6.07) is 4.95. The number of halogens is 4. The van der Waals surface area contributed by atoms with Crippen LogP contribution in [0.3, 0.4) is 0 Å². The summed E-state index contributed by atoms with van der Waals surface area (Å²) in [6.45, 7) is 1.55. The fraction of sp³-hybridized carbons (Fsp3) is 0.318. The summed E-state index contributed by atoms with van der Waals surface area (Å²) in [7, 11) is 1.83. The lowest BCUT2D eigenvalue weighted by atomic mass is 9.96. The van der Waals surface area contributed by atoms with Gasteiger partial charge in [0.25, 0.3) is 0 Å². The molecule has 0 radical (unpaired) electrons. The van der Waals surface area contributed by atoms with E-state index in [1.807, 2.05) is 23.9 Å². The molecule has 0 unspecified atom stereocenters. The first-order chi connectivity index (χ1) is 15.3. The molecule has 5 rings (SSSR count). The minimum absolute atomic E-state index is 0.163. The molecule has 1 fully saturated rings. The summed E-state index contributed by atoms with van der Waals surface area (Å²) < 4.78 is 54.8. The van der Waals surface area contributed by atoms with Crippen molar-refractivity contribution in [3.8, 4) is 11.3 Å². The van der Waals surface area contributed by atoms with Crippen molar-refractivity contribution in [2.75, 3.05) is 18.0 Å². The van der Waals surface area contributed by atoms with E-state index in [0.717, 1.165) is 60.7 Å². The van der Waals surface area contributed by atoms with E-state index < -0.39 is 17.6 Å². The van der Waals surface area contributed by atoms with Crippen molar-refractivity contribution in [3.63, 3.8) is 0 Å². The molecule has 1 N–H and O–H groups in total. The molecule has 0 atom stereocenters. The molecule has 32 heavy (non-hydrogen) atoms. The van der Waals surface area contributed by atoms with Gasteiger partial charge < -0.3 is 14.5 Å². The van der Waals surface area contributed by atoms with Gasteiger partial charge in [-0.3, -0.25) is 0 Å². The Morgan fingerprint density at radius 2 is 1.88 bits per heavy atom. The molecule has 4 aromatic rings. The second-order valence-electron chi connectivity index (χ2n) is 7.99. The van der Waals surface area contributed by atoms with Crippen molar-refractivity contribution in [1.29, 1.82) is 0 Å². The maximum absolute atomic E-state index is 13.6. The lowest BCUT2D eigenvalue weighted by Crippen LogP contribution is -2.34. The zero-order valence-corrected chi connectivity index (χ0v) is 17.2. The number of hydrogen-bond donors (Lipinski definition) is 1. The second kappa shape index (κ2) is 7.61. The predicted octanol–water partition coefficient (Wildman–Crippen LogP) is 4.90. The summed E-state index contributed by atoms with van der Waals surface area (Å²) in [5, 5.41) is 0.974. The maximum Gasteiger partial charge on any atom is 0.419 e. The molecule has 1 saturated heterocycles. The predicted molar refractivity (Wildman–Crippen MR) is 112 cm³/mol. The van der Waals surface area contributed by atoms with Crippen molar-refractivity contribution >= 4 is 16.9 Å². The normalized spacial score (nSPS) is 15.6. The zero-order valence-electron chi connectivity index (χ0n) is 17.2. The van der Waals surface area contributed by atoms with Gasteiger partial charge in [-0.15, -0.1) is 0 Å². The van der Waals surface area contributed by atoms with Crippen LogP contribution in [0.15, 0.2) is 43.0 Å². The molecule has 0 amide bonds. The number of aromatic amines is 1. The molecule has 0 bridgehead atoms. The van der Waals surface area contributed by atoms with Gasteiger partial charge in [0.2, 0.25) is 0 Å². The number of H-pyrrole nitrogens is 1. The van der Waals surface area contributed by atoms with Crippen LogP contribution in [0.2, 0.25) is 0 Å². The molecule has 4 heterocycles. The number of benzene rings is 1. The summed E-state index contributed by atoms with van der Waals surface area (Å²) in [5.74, 6) is 0.579. The van der Waals surface area contributed by atoms with Gasteiger partial charge in [0, 0.05) is 44.0 Å². The zero-order chi connectivity index (χ0) is 22.5. The van der Waals surface area contributed by atoms with E-state index in [4.69, 9.17) is 0 Å². The first-order valence-corrected chi connectivity index (χ1v) is 10.2. The van der Waals surface area contributed by atoms with E-state index in [1.54, 1.807) is 12.5 Å². The Morgan fingerprint density at radius 1 is 1.09 bits per heavy atom. The molecule has 0 spiro atoms. The maximum atomic E-state index is 13.6. The number of piperidine rings is 1. The lowest BCUT2D eigenvalue weighted by Gasteiger charge is -2.32. The number of alkyl halides is 3. The number of aromatic nitrogens is 5. The molecule has 10 heteroatoms. The van der Waals surface area contributed by atoms with Crippen molar-refractivity contribution in [3.05, 3.63) is 60.2 Å². The van der Waals surface area contributed by atoms with Gasteiger partial charge in [0.05, 0.1) is 16.6 Å². The van der Waals surface area contributed by atoms with Gasteiger partial charge in [-0.1, -0.05) is 0 Å². The monoisotopic (exact) mass is 444 g/mol. The molecule has 166 valence electrons. The van der Waals surface area contributed by atoms with Crippen LogP contribution in [0, 0.1) is 5.82 Å². The van der Waals surface area contributed by atoms with Crippen molar-refractivity contribution in [1.82, 2.24) is 24.5 Å². The molecule has 1 aliphatic heterocycles. The number of aryl methyl sites for hydroxylation is 1. The van der Waals surface area contributed by atoms with Crippen LogP contribution in [0.1, 0.15) is 30.1 Å². The average Bonchev–Trinajstić information content (AvgIpc) is 3.40. The Balaban J connectivity index is 1.36. The van der Waals surface area contributed by atoms with Gasteiger partial charge in [0.15, 0.2) is 0 Å². The van der Waals surface area contributed by atoms with E-state index in [-0.39, 0.29) is 11.5 Å². The third-order valence-electron chi connectivity index (χ3n) is 5.97. The van der Waals surface area contributed by atoms with Crippen molar-refractivity contribution in [2.45, 2.75) is 24.9 Å². The van der Waals surface area contributed by atoms with Gasteiger partial charge in [-0.25, -0.2) is 19.3 Å². The Labute approximate surface area is 180 Å². The number of hydrogen-bond acceptors (Lipinski definition) is 4. The Morgan fingerprint density at radius 3 is 2.62 bits per heavy atom. The quantitative estimate of drug-likeness (QED) is 0.457. The third kappa shape index (κ3) is 3.59. The number of nitrogens with one attached hydrogen (secondary N) is 1. The van der Waals surface area contributed by atoms with Gasteiger partial charge in [-0.05, 0) is 37.1 Å². The van der Waals surface area contributed by atoms with Gasteiger partial charge in [-0.2, -0.15) is 13.2 Å². The molecule has 0 aliphatic carbocycles. The molecular weight excluding hydrogens is 424 g/mol. The second-order valence-corrected chi connectivity index (χ2v) is 7.99. The smallest absolute Gasteiger partial charge is 0.356 e. The van der Waals surface area contributed by atoms with E-state index in [9.17, 15) is 17.6 Å². The minimum atomic E-state index is -4.75. The molecule has 6 nitrogen and oxygen atoms in total. The van der Waals surface area contributed by atoms with Crippen LogP contribution in [-0.4, -0.2) is 37.6 Å². The summed E-state index contributed by atoms with van der Waals surface area (Å²) in [6.07, 6.45) is 1.99. The topological polar surface area (TPSA) is 62.6 Å². The summed E-state index contributed by atoms with van der Waals surface area (Å²) >= 11 is 0. The van der Waals surface area contributed by atoms with Gasteiger partial charge >= 0.3 is 6.18 Å². The minimum Gasteiger partial charge on any atom is -0.356 e. The molecule has 0 saturated carbocycles. The summed E-state index contributed by atoms with van der Waals surface area (Å²) in [4.78, 5) is 18.6. The number of fused-ring (bicyclic) bond motifs is 1. The third-order valence-corrected chi connectivity index (χ3v) is 5.97. The fourth-order valence-corrected chi connectivity index (χ4v) is 4.36. The molecule has 3 aromatic heterocycles. The highest BCUT2D eigenvalue weighted by molar-refractivity contribution is 5.87. The molecular formula is C22H20F4N6. The van der Waals surface area contributed by atoms with Crippen LogP contribution in [0.5, 0.6) is 0 Å². The van der Waals surface area contributed by atoms with Crippen molar-refractivity contribution < 1.29 is 17.6 Å². The van der Waals surface area contributed by atoms with E-state index in [2.05, 4.69) is 24.8 Å². The molecule has 1 aromatic carbocycles. The Bertz CT molecular complexity index is 1270. The first kappa shape index (κ1) is 20.5. The standard InChI is InChI=1S/C22H20F4N6/c1-31-11-18(14-2-3-17(23)16(10-14)22(24,25)26)30-20(31)13-5-8-32(9-6-13)21-15-4-7-27-19(15)28-12-29-21/h2-4,7,10-13H,5-6,8-9H2,1H3,(H,27,28,29). The number of rotatable bonds is 3. The number of imidazole rings is 1. The van der Waals surface area contributed by atoms with Crippen LogP contribution in [-0.2, 0) is 13.2 Å². The fourth-order valence-electron chi connectivity index (χ4n) is 4.36. The van der Waals surface area contributed by atoms with Crippen LogP contribution in [0.4, 0.5) is 23.4 Å². The highest BCUT2D eigenvalue weighted by atomic mass is 19.4. The van der Waals surface area contributed by atoms with E-state index >= 15 is 0 Å². The van der Waals surface area contributed by atoms with Crippen molar-refractivity contribution in [2.24, 2.45) is 7.05 Å². The SMILES string of the molecule is Cn1cc(-c2ccc(F)c(C(F)(F)F)c2)nc1C1CCN(c2ncnc3[nH]ccc23)CC1. The van der Waals surface area contributed by atoms with E-state index in [0.29, 0.717) is 5.69 Å². The summed E-state index contributed by atoms with van der Waals surface area (Å²) in [5.41, 5.74) is 0.161. The van der Waals surface area contributed by atoms with Crippen LogP contribution >= 0.6 is 0 Å². The highest BCUT2D eigenvalue weighted by Crippen LogP contribution is 2.36. The largest absolute Gasteiger partial charge is 0.419 e. The highest BCUT2D eigenvalue weighted by Gasteiger charge is 2.34. The average molecular weight is 444 g/mol. The first-order valence-electron chi connectivity index (χ1n) is 10.2. The molecule has 1 aliphatic rings. The number of anilines is 1. The van der Waals surface area contributed by atoms with Crippen LogP contribution in [0.25, 0.3) is 22.3 Å². The van der Waals surface area contributed by atoms with E-state index in [1.165, 1.54) is 6.07 Å².